The molecule has 0 amide bonds. The number of aliphatic hydroxyl groups excluding tert-OH is 4. The number of unbranched alkanes of at least 4 members (excludes halogenated alkanes) is 4. The highest BCUT2D eigenvalue weighted by Gasteiger charge is 2.44. The zero-order valence-corrected chi connectivity index (χ0v) is 33.4. The molecule has 4 N–H and O–H groups in total. The lowest BCUT2D eigenvalue weighted by molar-refractivity contribution is -0.305. The van der Waals surface area contributed by atoms with Crippen molar-refractivity contribution in [3.8, 4) is 0 Å². The molecule has 0 aromatic rings. The Morgan fingerprint density at radius 1 is 0.564 bits per heavy atom. The molecule has 0 spiro atoms. The van der Waals surface area contributed by atoms with Crippen LogP contribution in [0.15, 0.2) is 97.2 Å². The maximum absolute atomic E-state index is 12.7. The number of aliphatic hydroxyl groups is 4. The molecule has 1 rings (SSSR count). The van der Waals surface area contributed by atoms with Crippen LogP contribution in [0.3, 0.4) is 0 Å². The number of carbonyl (C=O) groups is 2. The van der Waals surface area contributed by atoms with Crippen LogP contribution in [0, 0.1) is 0 Å². The fourth-order valence-electron chi connectivity index (χ4n) is 5.29. The summed E-state index contributed by atoms with van der Waals surface area (Å²) in [6.07, 6.45) is 38.5. The third-order valence-electron chi connectivity index (χ3n) is 8.46. The summed E-state index contributed by atoms with van der Waals surface area (Å²) >= 11 is 0. The Kier molecular flexibility index (Phi) is 31.6. The maximum Gasteiger partial charge on any atom is 0.306 e. The lowest BCUT2D eigenvalue weighted by Crippen LogP contribution is -2.59. The van der Waals surface area contributed by atoms with Gasteiger partial charge >= 0.3 is 11.9 Å². The van der Waals surface area contributed by atoms with Gasteiger partial charge in [0, 0.05) is 12.8 Å². The third kappa shape index (κ3) is 27.0. The second-order valence-corrected chi connectivity index (χ2v) is 13.3. The van der Waals surface area contributed by atoms with Crippen LogP contribution in [0.25, 0.3) is 0 Å². The summed E-state index contributed by atoms with van der Waals surface area (Å²) in [5.74, 6) is -0.923. The lowest BCUT2D eigenvalue weighted by atomic mass is 9.99. The molecule has 0 aromatic carbocycles. The van der Waals surface area contributed by atoms with Crippen LogP contribution >= 0.6 is 0 Å². The molecule has 6 atom stereocenters. The molecule has 0 radical (unpaired) electrons. The van der Waals surface area contributed by atoms with Crippen LogP contribution in [-0.4, -0.2) is 89.0 Å². The Balaban J connectivity index is 2.45. The highest BCUT2D eigenvalue weighted by Crippen LogP contribution is 2.22. The Bertz CT molecular complexity index is 1210. The van der Waals surface area contributed by atoms with Crippen LogP contribution in [0.4, 0.5) is 0 Å². The standard InChI is InChI=1S/C45H70O10/c1-3-5-7-9-11-13-15-17-18-19-20-22-23-25-27-29-31-33-40(47)52-36-38(37-53-45-44(51)43(50)42(49)39(35-46)55-45)54-41(48)34-32-30-28-26-24-21-16-14-12-10-8-6-4-2/h5-8,11-14,17-18,20-22,24-25,27,38-39,42-46,49-51H,3-4,9-10,15-16,19,23,26,28-37H2,1-2H3/b7-5-,8-6-,13-11-,14-12-,18-17-,22-20-,24-21-,27-25-/t38-,39-,42+,43+,44-,45-/m1/s1. The molecule has 1 fully saturated rings. The summed E-state index contributed by atoms with van der Waals surface area (Å²) in [5.41, 5.74) is 0. The second kappa shape index (κ2) is 35.1. The van der Waals surface area contributed by atoms with E-state index in [-0.39, 0.29) is 26.1 Å². The van der Waals surface area contributed by atoms with Crippen molar-refractivity contribution in [2.75, 3.05) is 19.8 Å². The molecule has 0 bridgehead atoms. The lowest BCUT2D eigenvalue weighted by Gasteiger charge is -2.39. The van der Waals surface area contributed by atoms with Crippen molar-refractivity contribution in [1.82, 2.24) is 0 Å². The van der Waals surface area contributed by atoms with Crippen LogP contribution in [0.2, 0.25) is 0 Å². The topological polar surface area (TPSA) is 152 Å². The fraction of sp³-hybridized carbons (Fsp3) is 0.600. The highest BCUT2D eigenvalue weighted by atomic mass is 16.7. The molecule has 10 nitrogen and oxygen atoms in total. The van der Waals surface area contributed by atoms with Gasteiger partial charge in [-0.3, -0.25) is 9.59 Å². The van der Waals surface area contributed by atoms with E-state index in [9.17, 15) is 30.0 Å². The smallest absolute Gasteiger partial charge is 0.306 e. The first-order chi connectivity index (χ1) is 26.8. The zero-order valence-electron chi connectivity index (χ0n) is 33.4. The molecule has 0 saturated carbocycles. The van der Waals surface area contributed by atoms with E-state index >= 15 is 0 Å². The fourth-order valence-corrected chi connectivity index (χ4v) is 5.29. The molecule has 0 aliphatic carbocycles. The maximum atomic E-state index is 12.7. The summed E-state index contributed by atoms with van der Waals surface area (Å²) in [7, 11) is 0. The molecule has 0 unspecified atom stereocenters. The van der Waals surface area contributed by atoms with Gasteiger partial charge in [-0.05, 0) is 83.5 Å². The zero-order chi connectivity index (χ0) is 40.2. The van der Waals surface area contributed by atoms with Crippen LogP contribution in [0.1, 0.15) is 117 Å². The van der Waals surface area contributed by atoms with Crippen molar-refractivity contribution in [2.45, 2.75) is 153 Å². The predicted molar refractivity (Wildman–Crippen MR) is 219 cm³/mol. The van der Waals surface area contributed by atoms with Gasteiger partial charge in [0.05, 0.1) is 13.2 Å². The molecule has 1 saturated heterocycles. The first-order valence-electron chi connectivity index (χ1n) is 20.3. The van der Waals surface area contributed by atoms with Crippen LogP contribution in [-0.2, 0) is 28.5 Å². The second-order valence-electron chi connectivity index (χ2n) is 13.3. The number of carbonyl (C=O) groups excluding carboxylic acids is 2. The SMILES string of the molecule is CC/C=C\C/C=C\C/C=C\C/C=C\C/C=C\CCCC(=O)OC[C@H](CO[C@@H]1O[C@H](CO)[C@H](O)[C@H](O)[C@H]1O)OC(=O)CCCCC/C=C\C/C=C\C/C=C\CC. The van der Waals surface area contributed by atoms with Crippen molar-refractivity contribution in [3.05, 3.63) is 97.2 Å². The van der Waals surface area contributed by atoms with Gasteiger partial charge in [0.2, 0.25) is 0 Å². The van der Waals surface area contributed by atoms with Gasteiger partial charge in [0.15, 0.2) is 12.4 Å². The minimum Gasteiger partial charge on any atom is -0.462 e. The molecule has 55 heavy (non-hydrogen) atoms. The van der Waals surface area contributed by atoms with Gasteiger partial charge in [-0.15, -0.1) is 0 Å². The van der Waals surface area contributed by atoms with Gasteiger partial charge in [0.1, 0.15) is 31.0 Å². The normalized spacial score (nSPS) is 21.6. The first kappa shape index (κ1) is 49.6. The molecule has 0 aromatic heterocycles. The molecule has 1 aliphatic rings. The van der Waals surface area contributed by atoms with E-state index in [0.29, 0.717) is 19.3 Å². The van der Waals surface area contributed by atoms with Crippen molar-refractivity contribution in [2.24, 2.45) is 0 Å². The monoisotopic (exact) mass is 770 g/mol. The van der Waals surface area contributed by atoms with Gasteiger partial charge < -0.3 is 39.4 Å². The minimum absolute atomic E-state index is 0.176. The summed E-state index contributed by atoms with van der Waals surface area (Å²) in [4.78, 5) is 25.2. The van der Waals surface area contributed by atoms with Gasteiger partial charge in [0.25, 0.3) is 0 Å². The molecule has 10 heteroatoms. The van der Waals surface area contributed by atoms with Crippen LogP contribution in [0.5, 0.6) is 0 Å². The summed E-state index contributed by atoms with van der Waals surface area (Å²) in [6.45, 7) is 3.06. The van der Waals surface area contributed by atoms with E-state index < -0.39 is 55.4 Å². The Morgan fingerprint density at radius 3 is 1.55 bits per heavy atom. The number of hydrogen-bond donors (Lipinski definition) is 4. The average molecular weight is 771 g/mol. The molecule has 310 valence electrons. The molecular formula is C45H70O10. The van der Waals surface area contributed by atoms with E-state index in [0.717, 1.165) is 70.6 Å². The van der Waals surface area contributed by atoms with Crippen LogP contribution < -0.4 is 0 Å². The van der Waals surface area contributed by atoms with Crippen molar-refractivity contribution in [3.63, 3.8) is 0 Å². The average Bonchev–Trinajstić information content (AvgIpc) is 3.18. The molecule has 1 heterocycles. The first-order valence-corrected chi connectivity index (χ1v) is 20.3. The highest BCUT2D eigenvalue weighted by molar-refractivity contribution is 5.70. The summed E-state index contributed by atoms with van der Waals surface area (Å²) in [6, 6.07) is 0. The third-order valence-corrected chi connectivity index (χ3v) is 8.46. The number of ether oxygens (including phenoxy) is 4. The largest absolute Gasteiger partial charge is 0.462 e. The summed E-state index contributed by atoms with van der Waals surface area (Å²) < 4.78 is 22.0. The van der Waals surface area contributed by atoms with Gasteiger partial charge in [-0.25, -0.2) is 0 Å². The summed E-state index contributed by atoms with van der Waals surface area (Å²) in [5, 5.41) is 40.0. The minimum atomic E-state index is -1.61. The van der Waals surface area contributed by atoms with Gasteiger partial charge in [-0.1, -0.05) is 117 Å². The molecular weight excluding hydrogens is 700 g/mol. The van der Waals surface area contributed by atoms with E-state index in [2.05, 4.69) is 105 Å². The Morgan fingerprint density at radius 2 is 1.04 bits per heavy atom. The Hall–Kier alpha value is -3.38. The van der Waals surface area contributed by atoms with E-state index in [4.69, 9.17) is 18.9 Å². The van der Waals surface area contributed by atoms with E-state index in [1.807, 2.05) is 6.08 Å². The van der Waals surface area contributed by atoms with Crippen molar-refractivity contribution in [1.29, 1.82) is 0 Å². The van der Waals surface area contributed by atoms with E-state index in [1.54, 1.807) is 0 Å². The molecule has 1 aliphatic heterocycles. The van der Waals surface area contributed by atoms with Gasteiger partial charge in [-0.2, -0.15) is 0 Å². The Labute approximate surface area is 330 Å². The quantitative estimate of drug-likeness (QED) is 0.0310. The van der Waals surface area contributed by atoms with E-state index in [1.165, 1.54) is 0 Å². The number of allylic oxidation sites excluding steroid dienone is 16. The van der Waals surface area contributed by atoms with Crippen molar-refractivity contribution < 1.29 is 49.0 Å². The number of esters is 2. The number of rotatable bonds is 31. The van der Waals surface area contributed by atoms with Crippen molar-refractivity contribution >= 4 is 11.9 Å². The number of hydrogen-bond acceptors (Lipinski definition) is 10. The predicted octanol–water partition coefficient (Wildman–Crippen LogP) is 7.99.